The van der Waals surface area contributed by atoms with Crippen LogP contribution in [0.15, 0.2) is 21.8 Å². The van der Waals surface area contributed by atoms with Crippen LogP contribution in [-0.4, -0.2) is 66.0 Å². The number of thioether (sulfide) groups is 1. The summed E-state index contributed by atoms with van der Waals surface area (Å²) in [7, 11) is 1.21. The number of oxime groups is 1. The molecule has 1 aromatic heterocycles. The topological polar surface area (TPSA) is 154 Å². The molecule has 13 heteroatoms. The summed E-state index contributed by atoms with van der Waals surface area (Å²) in [5.74, 6) is -0.970. The number of ether oxygens (including phenoxy) is 2. The van der Waals surface area contributed by atoms with Gasteiger partial charge in [0.15, 0.2) is 10.8 Å². The first kappa shape index (κ1) is 20.9. The highest BCUT2D eigenvalue weighted by Gasteiger charge is 2.36. The van der Waals surface area contributed by atoms with Gasteiger partial charge in [0.05, 0.1) is 12.5 Å². The van der Waals surface area contributed by atoms with Crippen molar-refractivity contribution in [1.82, 2.24) is 15.6 Å². The number of hydrogen-bond acceptors (Lipinski definition) is 12. The molecule has 0 aromatic carbocycles. The second-order valence-corrected chi connectivity index (χ2v) is 8.04. The van der Waals surface area contributed by atoms with Crippen molar-refractivity contribution < 1.29 is 28.7 Å². The second kappa shape index (κ2) is 9.13. The highest BCUT2D eigenvalue weighted by Crippen LogP contribution is 2.30. The molecule has 0 fully saturated rings. The predicted octanol–water partition coefficient (Wildman–Crippen LogP) is -0.403. The zero-order chi connectivity index (χ0) is 21.0. The van der Waals surface area contributed by atoms with Crippen LogP contribution in [0.2, 0.25) is 0 Å². The number of thiazole rings is 1. The number of esters is 2. The summed E-state index contributed by atoms with van der Waals surface area (Å²) >= 11 is 2.68. The normalized spacial score (nSPS) is 21.2. The summed E-state index contributed by atoms with van der Waals surface area (Å²) in [6.07, 6.45) is -0.242. The zero-order valence-electron chi connectivity index (χ0n) is 15.6. The molecule has 156 valence electrons. The van der Waals surface area contributed by atoms with Gasteiger partial charge in [0.25, 0.3) is 5.91 Å². The number of nitrogen functional groups attached to an aromatic ring is 1. The fourth-order valence-electron chi connectivity index (χ4n) is 2.55. The van der Waals surface area contributed by atoms with Crippen molar-refractivity contribution >= 4 is 51.8 Å². The number of rotatable bonds is 7. The molecule has 3 rings (SSSR count). The molecule has 0 radical (unpaired) electrons. The maximum absolute atomic E-state index is 12.6. The number of anilines is 1. The average Bonchev–Trinajstić information content (AvgIpc) is 3.25. The first-order valence-corrected chi connectivity index (χ1v) is 10.4. The number of nitrogens with zero attached hydrogens (tertiary/aromatic N) is 2. The maximum Gasteiger partial charge on any atom is 0.355 e. The third-order valence-electron chi connectivity index (χ3n) is 4.04. The van der Waals surface area contributed by atoms with Gasteiger partial charge in [0.2, 0.25) is 6.61 Å². The third-order valence-corrected chi connectivity index (χ3v) is 5.88. The number of aromatic nitrogens is 1. The lowest BCUT2D eigenvalue weighted by Crippen LogP contribution is -2.44. The van der Waals surface area contributed by atoms with Crippen LogP contribution in [0.4, 0.5) is 5.13 Å². The molecule has 0 bridgehead atoms. The lowest BCUT2D eigenvalue weighted by atomic mass is 10.1. The van der Waals surface area contributed by atoms with Crippen LogP contribution >= 0.6 is 23.1 Å². The maximum atomic E-state index is 12.6. The smallest absolute Gasteiger partial charge is 0.355 e. The quantitative estimate of drug-likeness (QED) is 0.289. The minimum atomic E-state index is -0.643. The third kappa shape index (κ3) is 4.98. The molecule has 0 saturated carbocycles. The summed E-state index contributed by atoms with van der Waals surface area (Å²) in [5, 5.41) is 11.1. The van der Waals surface area contributed by atoms with E-state index in [0.29, 0.717) is 11.4 Å². The molecular formula is C16H19N5O6S2. The van der Waals surface area contributed by atoms with Gasteiger partial charge in [0.1, 0.15) is 17.5 Å². The Morgan fingerprint density at radius 2 is 2.31 bits per heavy atom. The summed E-state index contributed by atoms with van der Waals surface area (Å²) in [6.45, 7) is 1.57. The van der Waals surface area contributed by atoms with Gasteiger partial charge in [-0.15, -0.1) is 23.1 Å². The molecule has 2 aliphatic heterocycles. The highest BCUT2D eigenvalue weighted by molar-refractivity contribution is 8.00. The second-order valence-electron chi connectivity index (χ2n) is 5.96. The molecule has 1 aromatic rings. The number of carbonyl (C=O) groups is 3. The van der Waals surface area contributed by atoms with E-state index in [4.69, 9.17) is 15.3 Å². The molecule has 1 amide bonds. The lowest BCUT2D eigenvalue weighted by Gasteiger charge is -2.24. The van der Waals surface area contributed by atoms with Gasteiger partial charge in [-0.1, -0.05) is 5.16 Å². The summed E-state index contributed by atoms with van der Waals surface area (Å²) in [5.41, 5.74) is 7.09. The fourth-order valence-corrected chi connectivity index (χ4v) is 4.26. The van der Waals surface area contributed by atoms with Crippen LogP contribution < -0.4 is 16.4 Å². The molecule has 11 nitrogen and oxygen atoms in total. The number of amides is 1. The largest absolute Gasteiger partial charge is 0.466 e. The van der Waals surface area contributed by atoms with Gasteiger partial charge in [-0.3, -0.25) is 4.79 Å². The minimum Gasteiger partial charge on any atom is -0.466 e. The van der Waals surface area contributed by atoms with Gasteiger partial charge >= 0.3 is 11.9 Å². The van der Waals surface area contributed by atoms with E-state index in [1.165, 1.54) is 7.11 Å². The fraction of sp³-hybridized carbons (Fsp3) is 0.438. The Bertz CT molecular complexity index is 883. The van der Waals surface area contributed by atoms with Gasteiger partial charge in [-0.2, -0.15) is 0 Å². The van der Waals surface area contributed by atoms with E-state index in [1.807, 2.05) is 6.92 Å². The SMILES string of the molecule is COC(=O)CO/N=C(\C(=O)NC[C@@H]1NC2=C(CS1)C(C)OC2=O)c1csc(N)n1. The number of methoxy groups -OCH3 is 1. The lowest BCUT2D eigenvalue weighted by molar-refractivity contribution is -0.146. The van der Waals surface area contributed by atoms with E-state index < -0.39 is 18.5 Å². The number of carbonyl (C=O) groups excluding carboxylic acids is 3. The molecule has 0 saturated heterocycles. The van der Waals surface area contributed by atoms with Crippen molar-refractivity contribution in [3.63, 3.8) is 0 Å². The van der Waals surface area contributed by atoms with Crippen LogP contribution in [0.1, 0.15) is 12.6 Å². The van der Waals surface area contributed by atoms with Crippen molar-refractivity contribution in [2.75, 3.05) is 31.7 Å². The van der Waals surface area contributed by atoms with Crippen LogP contribution in [0.5, 0.6) is 0 Å². The average molecular weight is 441 g/mol. The van der Waals surface area contributed by atoms with Crippen molar-refractivity contribution in [2.45, 2.75) is 18.4 Å². The Morgan fingerprint density at radius 1 is 1.52 bits per heavy atom. The van der Waals surface area contributed by atoms with E-state index in [9.17, 15) is 14.4 Å². The highest BCUT2D eigenvalue weighted by atomic mass is 32.2. The molecule has 3 heterocycles. The van der Waals surface area contributed by atoms with E-state index in [1.54, 1.807) is 17.1 Å². The van der Waals surface area contributed by atoms with Crippen LogP contribution in [0.25, 0.3) is 0 Å². The Labute approximate surface area is 174 Å². The Balaban J connectivity index is 1.63. The van der Waals surface area contributed by atoms with E-state index >= 15 is 0 Å². The number of nitrogens with one attached hydrogen (secondary N) is 2. The predicted molar refractivity (Wildman–Crippen MR) is 106 cm³/mol. The van der Waals surface area contributed by atoms with Crippen LogP contribution in [0, 0.1) is 0 Å². The number of hydrogen-bond donors (Lipinski definition) is 3. The molecule has 0 aliphatic carbocycles. The summed E-state index contributed by atoms with van der Waals surface area (Å²) in [6, 6.07) is 0. The first-order valence-electron chi connectivity index (χ1n) is 8.47. The van der Waals surface area contributed by atoms with Gasteiger partial charge in [0, 0.05) is 23.3 Å². The molecular weight excluding hydrogens is 422 g/mol. The van der Waals surface area contributed by atoms with Crippen molar-refractivity contribution in [3.05, 3.63) is 22.3 Å². The summed E-state index contributed by atoms with van der Waals surface area (Å²) in [4.78, 5) is 44.6. The molecule has 1 unspecified atom stereocenters. The van der Waals surface area contributed by atoms with E-state index in [0.717, 1.165) is 16.9 Å². The molecule has 29 heavy (non-hydrogen) atoms. The Morgan fingerprint density at radius 3 is 3.00 bits per heavy atom. The van der Waals surface area contributed by atoms with Crippen molar-refractivity contribution in [3.8, 4) is 0 Å². The minimum absolute atomic E-state index is 0.128. The Hall–Kier alpha value is -2.80. The van der Waals surface area contributed by atoms with Crippen molar-refractivity contribution in [2.24, 2.45) is 5.16 Å². The number of cyclic esters (lactones) is 1. The van der Waals surface area contributed by atoms with Crippen LogP contribution in [0.3, 0.4) is 0 Å². The molecule has 4 N–H and O–H groups in total. The standard InChI is InChI=1S/C16H19N5O6S2/c1-7-8-5-28-10(20-12(8)15(24)27-7)3-18-14(23)13(9-6-29-16(17)19-9)21-26-4-11(22)25-2/h6-7,10,20H,3-5H2,1-2H3,(H2,17,19)(H,18,23)/b21-13-/t7?,10-/m1/s1. The van der Waals surface area contributed by atoms with Crippen molar-refractivity contribution in [1.29, 1.82) is 0 Å². The van der Waals surface area contributed by atoms with Gasteiger partial charge < -0.3 is 30.7 Å². The zero-order valence-corrected chi connectivity index (χ0v) is 17.2. The monoisotopic (exact) mass is 441 g/mol. The van der Waals surface area contributed by atoms with Gasteiger partial charge in [-0.25, -0.2) is 14.6 Å². The molecule has 0 spiro atoms. The summed E-state index contributed by atoms with van der Waals surface area (Å²) < 4.78 is 9.64. The Kier molecular flexibility index (Phi) is 6.59. The van der Waals surface area contributed by atoms with Crippen LogP contribution in [-0.2, 0) is 28.7 Å². The van der Waals surface area contributed by atoms with E-state index in [-0.39, 0.29) is 40.5 Å². The first-order chi connectivity index (χ1) is 13.9. The molecule has 2 aliphatic rings. The van der Waals surface area contributed by atoms with Gasteiger partial charge in [-0.05, 0) is 6.92 Å². The number of nitrogens with two attached hydrogens (primary N) is 1. The van der Waals surface area contributed by atoms with E-state index in [2.05, 4.69) is 25.5 Å². The molecule has 2 atom stereocenters.